The number of nitrogens with zero attached hydrogens (tertiary/aromatic N) is 1. The van der Waals surface area contributed by atoms with Gasteiger partial charge in [-0.15, -0.1) is 0 Å². The van der Waals surface area contributed by atoms with Crippen LogP contribution in [0.1, 0.15) is 68.7 Å². The molecule has 1 aromatic heterocycles. The Balaban J connectivity index is 1.50. The fourth-order valence-electron chi connectivity index (χ4n) is 4.50. The van der Waals surface area contributed by atoms with E-state index in [1.807, 2.05) is 54.6 Å². The first-order valence-electron chi connectivity index (χ1n) is 12.9. The molecule has 1 amide bonds. The van der Waals surface area contributed by atoms with E-state index in [2.05, 4.69) is 0 Å². The Morgan fingerprint density at radius 3 is 2.49 bits per heavy atom. The number of carboxylic acid groups (broad SMARTS) is 1. The van der Waals surface area contributed by atoms with Crippen LogP contribution >= 0.6 is 0 Å². The van der Waals surface area contributed by atoms with Gasteiger partial charge in [0.1, 0.15) is 5.75 Å². The molecule has 1 N–H and O–H groups in total. The van der Waals surface area contributed by atoms with Crippen molar-refractivity contribution in [2.24, 2.45) is 0 Å². The van der Waals surface area contributed by atoms with Crippen molar-refractivity contribution in [3.63, 3.8) is 0 Å². The number of hydrogen-bond acceptors (Lipinski definition) is 4. The molecular formula is C29H33NO5. The van der Waals surface area contributed by atoms with Crippen molar-refractivity contribution in [3.05, 3.63) is 78.3 Å². The summed E-state index contributed by atoms with van der Waals surface area (Å²) in [6.45, 7) is -0.451. The summed E-state index contributed by atoms with van der Waals surface area (Å²) in [5.74, 6) is -0.336. The van der Waals surface area contributed by atoms with E-state index < -0.39 is 12.5 Å². The predicted molar refractivity (Wildman–Crippen MR) is 134 cm³/mol. The van der Waals surface area contributed by atoms with Crippen LogP contribution in [0.25, 0.3) is 11.1 Å². The van der Waals surface area contributed by atoms with Gasteiger partial charge in [-0.25, -0.2) is 0 Å². The van der Waals surface area contributed by atoms with Gasteiger partial charge in [-0.05, 0) is 61.9 Å². The van der Waals surface area contributed by atoms with Gasteiger partial charge >= 0.3 is 5.97 Å². The van der Waals surface area contributed by atoms with E-state index >= 15 is 0 Å². The number of amides is 1. The minimum Gasteiger partial charge on any atom is -0.493 e. The maximum Gasteiger partial charge on any atom is 0.303 e. The average Bonchev–Trinajstić information content (AvgIpc) is 3.61. The SMILES string of the molecule is [2H]C(c1ccccc1OCCCCCC(=O)O)N(C(=O)c1ccc(-c2ccoc2)cc1)C1CCCC1. The number of ether oxygens (including phenoxy) is 1. The second kappa shape index (κ2) is 12.2. The summed E-state index contributed by atoms with van der Waals surface area (Å²) in [7, 11) is 0. The zero-order valence-corrected chi connectivity index (χ0v) is 19.9. The third-order valence-corrected chi connectivity index (χ3v) is 6.43. The number of carbonyl (C=O) groups excluding carboxylic acids is 1. The zero-order chi connectivity index (χ0) is 25.3. The molecule has 6 heteroatoms. The molecule has 0 aliphatic heterocycles. The van der Waals surface area contributed by atoms with Crippen LogP contribution < -0.4 is 4.74 Å². The highest BCUT2D eigenvalue weighted by Crippen LogP contribution is 2.30. The highest BCUT2D eigenvalue weighted by Gasteiger charge is 2.28. The van der Waals surface area contributed by atoms with Gasteiger partial charge in [0.25, 0.3) is 5.91 Å². The Bertz CT molecular complexity index is 1120. The number of rotatable bonds is 12. The molecule has 1 unspecified atom stereocenters. The normalized spacial score (nSPS) is 14.9. The van der Waals surface area contributed by atoms with Crippen molar-refractivity contribution in [2.45, 2.75) is 63.9 Å². The van der Waals surface area contributed by atoms with Crippen molar-refractivity contribution in [1.29, 1.82) is 0 Å². The van der Waals surface area contributed by atoms with Gasteiger partial charge in [0.15, 0.2) is 0 Å². The quantitative estimate of drug-likeness (QED) is 0.300. The summed E-state index contributed by atoms with van der Waals surface area (Å²) in [6.07, 6.45) is 9.45. The Labute approximate surface area is 207 Å². The molecule has 1 aliphatic carbocycles. The average molecular weight is 477 g/mol. The van der Waals surface area contributed by atoms with E-state index in [9.17, 15) is 9.59 Å². The molecule has 0 bridgehead atoms. The van der Waals surface area contributed by atoms with Crippen molar-refractivity contribution in [1.82, 2.24) is 4.90 Å². The van der Waals surface area contributed by atoms with Crippen LogP contribution in [0.3, 0.4) is 0 Å². The number of unbranched alkanes of at least 4 members (excludes halogenated alkanes) is 2. The second-order valence-electron chi connectivity index (χ2n) is 8.96. The number of carboxylic acids is 1. The molecule has 184 valence electrons. The molecule has 1 fully saturated rings. The fourth-order valence-corrected chi connectivity index (χ4v) is 4.50. The first kappa shape index (κ1) is 23.2. The largest absolute Gasteiger partial charge is 0.493 e. The number of benzene rings is 2. The van der Waals surface area contributed by atoms with Crippen LogP contribution in [0.5, 0.6) is 5.75 Å². The van der Waals surface area contributed by atoms with Crippen LogP contribution in [-0.2, 0) is 11.3 Å². The molecule has 1 heterocycles. The minimum absolute atomic E-state index is 0.0117. The second-order valence-corrected chi connectivity index (χ2v) is 8.96. The standard InChI is InChI=1S/C29H33NO5/c31-28(32)12-2-1-7-18-35-27-11-6-3-8-24(27)20-30(26-9-4-5-10-26)29(33)23-15-13-22(14-16-23)25-17-19-34-21-25/h3,6,8,11,13-17,19,21,26H,1-2,4-5,7,9-10,12,18,20H2,(H,31,32)/i20D. The molecule has 35 heavy (non-hydrogen) atoms. The highest BCUT2D eigenvalue weighted by atomic mass is 16.5. The van der Waals surface area contributed by atoms with Crippen molar-refractivity contribution >= 4 is 11.9 Å². The van der Waals surface area contributed by atoms with Gasteiger partial charge in [0.2, 0.25) is 0 Å². The number of aliphatic carboxylic acids is 1. The first-order chi connectivity index (χ1) is 17.5. The number of hydrogen-bond donors (Lipinski definition) is 1. The van der Waals surface area contributed by atoms with Crippen LogP contribution in [-0.4, -0.2) is 34.5 Å². The maximum absolute atomic E-state index is 13.7. The van der Waals surface area contributed by atoms with E-state index in [1.165, 1.54) is 0 Å². The zero-order valence-electron chi connectivity index (χ0n) is 20.9. The van der Waals surface area contributed by atoms with E-state index in [-0.39, 0.29) is 18.4 Å². The van der Waals surface area contributed by atoms with Gasteiger partial charge in [0.05, 0.1) is 20.5 Å². The molecule has 3 aromatic rings. The van der Waals surface area contributed by atoms with Crippen molar-refractivity contribution < 1.29 is 25.2 Å². The van der Waals surface area contributed by atoms with Crippen LogP contribution in [0.15, 0.2) is 71.5 Å². The van der Waals surface area contributed by atoms with E-state index in [1.54, 1.807) is 17.4 Å². The lowest BCUT2D eigenvalue weighted by atomic mass is 10.0. The first-order valence-corrected chi connectivity index (χ1v) is 12.4. The Morgan fingerprint density at radius 1 is 1.00 bits per heavy atom. The lowest BCUT2D eigenvalue weighted by Crippen LogP contribution is -2.38. The minimum atomic E-state index is -0.891. The maximum atomic E-state index is 13.7. The topological polar surface area (TPSA) is 80.0 Å². The van der Waals surface area contributed by atoms with Gasteiger partial charge in [-0.3, -0.25) is 9.59 Å². The van der Waals surface area contributed by atoms with E-state index in [0.717, 1.165) is 49.7 Å². The summed E-state index contributed by atoms with van der Waals surface area (Å²) >= 11 is 0. The molecule has 0 radical (unpaired) electrons. The summed E-state index contributed by atoms with van der Waals surface area (Å²) in [5, 5.41) is 8.78. The van der Waals surface area contributed by atoms with E-state index in [4.69, 9.17) is 15.6 Å². The smallest absolute Gasteiger partial charge is 0.303 e. The van der Waals surface area contributed by atoms with Crippen molar-refractivity contribution in [3.8, 4) is 16.9 Å². The number of para-hydroxylation sites is 1. The van der Waals surface area contributed by atoms with Crippen LogP contribution in [0, 0.1) is 0 Å². The molecule has 2 aromatic carbocycles. The van der Waals surface area contributed by atoms with Crippen molar-refractivity contribution in [2.75, 3.05) is 6.61 Å². The third kappa shape index (κ3) is 6.75. The Kier molecular flexibility index (Phi) is 8.12. The molecule has 0 saturated heterocycles. The van der Waals surface area contributed by atoms with E-state index in [0.29, 0.717) is 29.9 Å². The Hall–Kier alpha value is -3.54. The summed E-state index contributed by atoms with van der Waals surface area (Å²) in [4.78, 5) is 26.1. The van der Waals surface area contributed by atoms with Gasteiger partial charge in [0, 0.05) is 35.7 Å². The molecule has 1 aliphatic rings. The summed E-state index contributed by atoms with van der Waals surface area (Å²) in [6, 6.07) is 16.8. The van der Waals surface area contributed by atoms with Gasteiger partial charge in [-0.1, -0.05) is 43.2 Å². The molecule has 1 atom stereocenters. The Morgan fingerprint density at radius 2 is 1.77 bits per heavy atom. The lowest BCUT2D eigenvalue weighted by Gasteiger charge is -2.30. The fraction of sp³-hybridized carbons (Fsp3) is 0.379. The molecular weight excluding hydrogens is 442 g/mol. The monoisotopic (exact) mass is 476 g/mol. The molecule has 6 nitrogen and oxygen atoms in total. The van der Waals surface area contributed by atoms with Gasteiger partial charge < -0.3 is 19.2 Å². The summed E-state index contributed by atoms with van der Waals surface area (Å²) in [5.41, 5.74) is 3.15. The number of furan rings is 1. The van der Waals surface area contributed by atoms with Crippen LogP contribution in [0.4, 0.5) is 0 Å². The summed E-state index contributed by atoms with van der Waals surface area (Å²) < 4.78 is 20.3. The molecule has 1 saturated carbocycles. The third-order valence-electron chi connectivity index (χ3n) is 6.43. The molecule has 0 spiro atoms. The lowest BCUT2D eigenvalue weighted by molar-refractivity contribution is -0.137. The van der Waals surface area contributed by atoms with Crippen LogP contribution in [0.2, 0.25) is 0 Å². The predicted octanol–water partition coefficient (Wildman–Crippen LogP) is 6.56. The molecule has 4 rings (SSSR count). The van der Waals surface area contributed by atoms with Gasteiger partial charge in [-0.2, -0.15) is 0 Å². The number of carbonyl (C=O) groups is 2. The highest BCUT2D eigenvalue weighted by molar-refractivity contribution is 5.95.